The molecule has 1 saturated heterocycles. The van der Waals surface area contributed by atoms with Crippen LogP contribution in [0.2, 0.25) is 0 Å². The second-order valence-corrected chi connectivity index (χ2v) is 5.75. The lowest BCUT2D eigenvalue weighted by molar-refractivity contribution is 0.0633. The van der Waals surface area contributed by atoms with Crippen LogP contribution in [0.4, 0.5) is 10.2 Å². The number of nitrogen functional groups attached to an aromatic ring is 1. The number of halogens is 1. The van der Waals surface area contributed by atoms with Crippen LogP contribution in [-0.2, 0) is 0 Å². The number of hydrogen-bond acceptors (Lipinski definition) is 5. The van der Waals surface area contributed by atoms with E-state index >= 15 is 0 Å². The monoisotopic (exact) mass is 328 g/mol. The second-order valence-electron chi connectivity index (χ2n) is 5.75. The molecule has 124 valence electrons. The number of anilines is 1. The summed E-state index contributed by atoms with van der Waals surface area (Å²) in [7, 11) is 0. The minimum absolute atomic E-state index is 0.0782. The van der Waals surface area contributed by atoms with Crippen LogP contribution in [0.25, 0.3) is 0 Å². The van der Waals surface area contributed by atoms with Gasteiger partial charge in [0.25, 0.3) is 5.91 Å². The summed E-state index contributed by atoms with van der Waals surface area (Å²) in [5.74, 6) is -1.03. The van der Waals surface area contributed by atoms with E-state index in [1.54, 1.807) is 4.90 Å². The van der Waals surface area contributed by atoms with Gasteiger partial charge in [0.05, 0.1) is 0 Å². The Morgan fingerprint density at radius 3 is 2.58 bits per heavy atom. The van der Waals surface area contributed by atoms with E-state index in [1.807, 2.05) is 0 Å². The predicted octanol–water partition coefficient (Wildman–Crippen LogP) is 1.93. The van der Waals surface area contributed by atoms with Crippen LogP contribution in [0, 0.1) is 11.7 Å². The number of carbonyl (C=O) groups excluding carboxylic acids is 2. The van der Waals surface area contributed by atoms with Crippen LogP contribution in [0.15, 0.2) is 36.7 Å². The number of aromatic nitrogens is 2. The third kappa shape index (κ3) is 3.24. The number of likely N-dealkylation sites (tertiary alicyclic amines) is 1. The van der Waals surface area contributed by atoms with Gasteiger partial charge in [-0.05, 0) is 37.1 Å². The van der Waals surface area contributed by atoms with Gasteiger partial charge in [0.1, 0.15) is 5.82 Å². The van der Waals surface area contributed by atoms with Crippen molar-refractivity contribution < 1.29 is 14.0 Å². The van der Waals surface area contributed by atoms with Crippen molar-refractivity contribution in [3.8, 4) is 0 Å². The van der Waals surface area contributed by atoms with Crippen LogP contribution in [0.3, 0.4) is 0 Å². The highest BCUT2D eigenvalue weighted by atomic mass is 19.1. The molecule has 2 heterocycles. The maximum Gasteiger partial charge on any atom is 0.276 e. The molecule has 1 amide bonds. The zero-order chi connectivity index (χ0) is 17.1. The number of benzene rings is 1. The molecule has 0 radical (unpaired) electrons. The number of ketones is 1. The molecule has 0 aliphatic carbocycles. The fourth-order valence-electron chi connectivity index (χ4n) is 2.89. The summed E-state index contributed by atoms with van der Waals surface area (Å²) in [6, 6.07) is 5.47. The molecule has 2 aromatic rings. The van der Waals surface area contributed by atoms with Crippen molar-refractivity contribution in [3.63, 3.8) is 0 Å². The molecule has 1 atom stereocenters. The summed E-state index contributed by atoms with van der Waals surface area (Å²) in [6.07, 6.45) is 4.23. The Hall–Kier alpha value is -2.83. The van der Waals surface area contributed by atoms with E-state index in [2.05, 4.69) is 9.97 Å². The summed E-state index contributed by atoms with van der Waals surface area (Å²) in [5, 5.41) is 0. The Morgan fingerprint density at radius 1 is 1.17 bits per heavy atom. The molecule has 1 fully saturated rings. The first-order valence-corrected chi connectivity index (χ1v) is 7.72. The average molecular weight is 328 g/mol. The first-order chi connectivity index (χ1) is 11.6. The first-order valence-electron chi connectivity index (χ1n) is 7.72. The van der Waals surface area contributed by atoms with Gasteiger partial charge in [0.2, 0.25) is 0 Å². The summed E-state index contributed by atoms with van der Waals surface area (Å²) in [4.78, 5) is 34.6. The van der Waals surface area contributed by atoms with Gasteiger partial charge in [-0.2, -0.15) is 0 Å². The first kappa shape index (κ1) is 16.0. The van der Waals surface area contributed by atoms with Crippen molar-refractivity contribution in [1.29, 1.82) is 0 Å². The van der Waals surface area contributed by atoms with Gasteiger partial charge in [-0.25, -0.2) is 14.4 Å². The van der Waals surface area contributed by atoms with Crippen molar-refractivity contribution in [2.45, 2.75) is 12.8 Å². The molecule has 3 rings (SSSR count). The summed E-state index contributed by atoms with van der Waals surface area (Å²) < 4.78 is 13.0. The Balaban J connectivity index is 1.74. The van der Waals surface area contributed by atoms with Gasteiger partial charge in [0.15, 0.2) is 17.3 Å². The number of piperidine rings is 1. The number of Topliss-reactive ketones (excluding diaryl/α,β-unsaturated/α-hetero) is 1. The van der Waals surface area contributed by atoms with Crippen molar-refractivity contribution in [2.24, 2.45) is 5.92 Å². The van der Waals surface area contributed by atoms with E-state index in [4.69, 9.17) is 5.73 Å². The number of nitrogens with zero attached hydrogens (tertiary/aromatic N) is 3. The highest BCUT2D eigenvalue weighted by Gasteiger charge is 2.30. The summed E-state index contributed by atoms with van der Waals surface area (Å²) in [6.45, 7) is 0.840. The molecule has 0 spiro atoms. The molecule has 1 aromatic heterocycles. The van der Waals surface area contributed by atoms with Crippen molar-refractivity contribution >= 4 is 17.5 Å². The molecule has 1 aliphatic rings. The fourth-order valence-corrected chi connectivity index (χ4v) is 2.89. The molecule has 1 aromatic carbocycles. The van der Waals surface area contributed by atoms with Gasteiger partial charge >= 0.3 is 0 Å². The van der Waals surface area contributed by atoms with Gasteiger partial charge < -0.3 is 10.6 Å². The van der Waals surface area contributed by atoms with E-state index in [0.717, 1.165) is 0 Å². The predicted molar refractivity (Wildman–Crippen MR) is 85.8 cm³/mol. The molecule has 1 aliphatic heterocycles. The van der Waals surface area contributed by atoms with E-state index in [9.17, 15) is 14.0 Å². The van der Waals surface area contributed by atoms with E-state index in [0.29, 0.717) is 31.5 Å². The van der Waals surface area contributed by atoms with E-state index in [1.165, 1.54) is 36.7 Å². The lowest BCUT2D eigenvalue weighted by Gasteiger charge is -2.32. The standard InChI is InChI=1S/C17H17FN4O2/c18-13-5-3-11(4-6-13)15(23)12-2-1-9-22(10-12)17(24)14-16(19)21-8-7-20-14/h3-8,12H,1-2,9-10H2,(H2,19,21). The molecule has 0 saturated carbocycles. The average Bonchev–Trinajstić information content (AvgIpc) is 2.62. The van der Waals surface area contributed by atoms with Crippen molar-refractivity contribution in [3.05, 3.63) is 53.7 Å². The van der Waals surface area contributed by atoms with Crippen molar-refractivity contribution in [1.82, 2.24) is 14.9 Å². The van der Waals surface area contributed by atoms with Crippen LogP contribution in [-0.4, -0.2) is 39.6 Å². The van der Waals surface area contributed by atoms with Gasteiger partial charge in [0, 0.05) is 37.0 Å². The molecule has 2 N–H and O–H groups in total. The van der Waals surface area contributed by atoms with Gasteiger partial charge in [-0.15, -0.1) is 0 Å². The number of carbonyl (C=O) groups is 2. The highest BCUT2D eigenvalue weighted by Crippen LogP contribution is 2.23. The Kier molecular flexibility index (Phi) is 4.50. The number of amides is 1. The normalized spacial score (nSPS) is 17.5. The second kappa shape index (κ2) is 6.74. The Labute approximate surface area is 138 Å². The smallest absolute Gasteiger partial charge is 0.276 e. The molecule has 6 nitrogen and oxygen atoms in total. The van der Waals surface area contributed by atoms with Crippen LogP contribution in [0.5, 0.6) is 0 Å². The van der Waals surface area contributed by atoms with Crippen molar-refractivity contribution in [2.75, 3.05) is 18.8 Å². The number of nitrogens with two attached hydrogens (primary N) is 1. The topological polar surface area (TPSA) is 89.2 Å². The number of hydrogen-bond donors (Lipinski definition) is 1. The maximum absolute atomic E-state index is 13.0. The third-order valence-electron chi connectivity index (χ3n) is 4.14. The molecule has 7 heteroatoms. The quantitative estimate of drug-likeness (QED) is 0.870. The summed E-state index contributed by atoms with van der Waals surface area (Å²) in [5.41, 5.74) is 6.26. The minimum Gasteiger partial charge on any atom is -0.382 e. The fraction of sp³-hybridized carbons (Fsp3) is 0.294. The minimum atomic E-state index is -0.384. The lowest BCUT2D eigenvalue weighted by Crippen LogP contribution is -2.43. The maximum atomic E-state index is 13.0. The molecule has 1 unspecified atom stereocenters. The Morgan fingerprint density at radius 2 is 1.88 bits per heavy atom. The van der Waals surface area contributed by atoms with Crippen LogP contribution >= 0.6 is 0 Å². The zero-order valence-corrected chi connectivity index (χ0v) is 13.0. The largest absolute Gasteiger partial charge is 0.382 e. The molecule has 24 heavy (non-hydrogen) atoms. The van der Waals surface area contributed by atoms with Gasteiger partial charge in [-0.3, -0.25) is 9.59 Å². The van der Waals surface area contributed by atoms with Crippen LogP contribution < -0.4 is 5.73 Å². The Bertz CT molecular complexity index is 763. The zero-order valence-electron chi connectivity index (χ0n) is 13.0. The highest BCUT2D eigenvalue weighted by molar-refractivity contribution is 5.99. The van der Waals surface area contributed by atoms with E-state index in [-0.39, 0.29) is 34.9 Å². The van der Waals surface area contributed by atoms with E-state index < -0.39 is 0 Å². The number of rotatable bonds is 3. The van der Waals surface area contributed by atoms with Gasteiger partial charge in [-0.1, -0.05) is 0 Å². The SMILES string of the molecule is Nc1nccnc1C(=O)N1CCCC(C(=O)c2ccc(F)cc2)C1. The molecule has 0 bridgehead atoms. The van der Waals surface area contributed by atoms with Crippen LogP contribution in [0.1, 0.15) is 33.7 Å². The molecular formula is C17H17FN4O2. The molecular weight excluding hydrogens is 311 g/mol. The third-order valence-corrected chi connectivity index (χ3v) is 4.14. The lowest BCUT2D eigenvalue weighted by atomic mass is 9.90. The summed E-state index contributed by atoms with van der Waals surface area (Å²) >= 11 is 0.